The largest absolute Gasteiger partial charge is 0.477 e. The van der Waals surface area contributed by atoms with Crippen molar-refractivity contribution in [1.82, 2.24) is 10.2 Å². The summed E-state index contributed by atoms with van der Waals surface area (Å²) in [6.07, 6.45) is 0.338. The van der Waals surface area contributed by atoms with Gasteiger partial charge in [0.25, 0.3) is 5.91 Å². The molecule has 2 aliphatic heterocycles. The molecule has 1 saturated heterocycles. The van der Waals surface area contributed by atoms with Crippen molar-refractivity contribution >= 4 is 75.6 Å². The summed E-state index contributed by atoms with van der Waals surface area (Å²) < 4.78 is 0. The number of nitrogens with zero attached hydrogens (tertiary/aromatic N) is 1. The fraction of sp³-hybridized carbons (Fsp3) is 0.312. The molecule has 2 atom stereocenters. The Hall–Kier alpha value is -0.990. The lowest BCUT2D eigenvalue weighted by Crippen LogP contribution is -2.70. The Morgan fingerprint density at radius 2 is 2.15 bits per heavy atom. The van der Waals surface area contributed by atoms with Gasteiger partial charge in [-0.1, -0.05) is 35.4 Å². The minimum absolute atomic E-state index is 0.0180. The van der Waals surface area contributed by atoms with Crippen LogP contribution in [0.4, 0.5) is 0 Å². The number of aliphatic carboxylic acids is 1. The molecule has 0 saturated carbocycles. The van der Waals surface area contributed by atoms with Gasteiger partial charge >= 0.3 is 5.97 Å². The summed E-state index contributed by atoms with van der Waals surface area (Å²) in [7, 11) is 0. The number of carboxylic acid groups (broad SMARTS) is 1. The molecule has 0 spiro atoms. The Labute approximate surface area is 174 Å². The number of benzene rings is 1. The number of hydrogen-bond donors (Lipinski definition) is 2. The van der Waals surface area contributed by atoms with Crippen molar-refractivity contribution in [1.29, 1.82) is 0 Å². The zero-order valence-corrected chi connectivity index (χ0v) is 17.1. The topological polar surface area (TPSA) is 69.6 Å². The van der Waals surface area contributed by atoms with Gasteiger partial charge in [0.05, 0.1) is 4.99 Å². The maximum atomic E-state index is 12.5. The first kappa shape index (κ1) is 19.8. The molecule has 0 aliphatic carbocycles. The van der Waals surface area contributed by atoms with Gasteiger partial charge in [0.15, 0.2) is 0 Å². The van der Waals surface area contributed by atoms with E-state index < -0.39 is 12.0 Å². The van der Waals surface area contributed by atoms with E-state index in [1.54, 1.807) is 18.2 Å². The van der Waals surface area contributed by atoms with E-state index in [0.29, 0.717) is 32.8 Å². The van der Waals surface area contributed by atoms with E-state index in [0.717, 1.165) is 5.56 Å². The van der Waals surface area contributed by atoms with Gasteiger partial charge in [-0.3, -0.25) is 9.69 Å². The number of amides is 1. The van der Waals surface area contributed by atoms with Crippen LogP contribution in [0.1, 0.15) is 5.56 Å². The standard InChI is InChI=1S/C16H13Cl3N2O3S2/c17-5-8-6-26-15-12(14(22)21(15)13(8)16(23)24)20-11(25)4-7-3-9(18)1-2-10(7)19/h1-3,12,15H,4-6H2,(H,20,25)(H,23,24)/t12-,15-/m0/s1. The minimum atomic E-state index is -1.15. The predicted octanol–water partition coefficient (Wildman–Crippen LogP) is 3.31. The Morgan fingerprint density at radius 3 is 2.81 bits per heavy atom. The first-order valence-electron chi connectivity index (χ1n) is 7.52. The van der Waals surface area contributed by atoms with Crippen molar-refractivity contribution in [3.63, 3.8) is 0 Å². The molecular weight excluding hydrogens is 439 g/mol. The summed E-state index contributed by atoms with van der Waals surface area (Å²) >= 11 is 24.7. The lowest BCUT2D eigenvalue weighted by atomic mass is 10.0. The van der Waals surface area contributed by atoms with Gasteiger partial charge in [-0.25, -0.2) is 4.79 Å². The van der Waals surface area contributed by atoms with Crippen LogP contribution in [0.5, 0.6) is 0 Å². The monoisotopic (exact) mass is 450 g/mol. The van der Waals surface area contributed by atoms with Crippen LogP contribution >= 0.6 is 58.8 Å². The van der Waals surface area contributed by atoms with E-state index >= 15 is 0 Å². The second kappa shape index (κ2) is 7.94. The van der Waals surface area contributed by atoms with Crippen LogP contribution in [-0.2, 0) is 16.0 Å². The number of rotatable bonds is 5. The van der Waals surface area contributed by atoms with Crippen molar-refractivity contribution in [2.24, 2.45) is 0 Å². The number of carboxylic acids is 1. The van der Waals surface area contributed by atoms with Crippen LogP contribution in [0.2, 0.25) is 10.0 Å². The van der Waals surface area contributed by atoms with Crippen LogP contribution in [0.3, 0.4) is 0 Å². The number of alkyl halides is 1. The minimum Gasteiger partial charge on any atom is -0.477 e. The third-order valence-electron chi connectivity index (χ3n) is 4.09. The first-order chi connectivity index (χ1) is 12.3. The zero-order valence-electron chi connectivity index (χ0n) is 13.2. The van der Waals surface area contributed by atoms with Gasteiger partial charge in [-0.05, 0) is 29.3 Å². The molecular formula is C16H13Cl3N2O3S2. The van der Waals surface area contributed by atoms with E-state index in [1.807, 2.05) is 0 Å². The molecule has 138 valence electrons. The van der Waals surface area contributed by atoms with E-state index in [4.69, 9.17) is 47.0 Å². The molecule has 1 amide bonds. The summed E-state index contributed by atoms with van der Waals surface area (Å²) in [5.74, 6) is -0.938. The number of hydrogen-bond acceptors (Lipinski definition) is 4. The van der Waals surface area contributed by atoms with Gasteiger partial charge in [-0.2, -0.15) is 0 Å². The van der Waals surface area contributed by atoms with Crippen molar-refractivity contribution in [3.05, 3.63) is 45.1 Å². The van der Waals surface area contributed by atoms with Crippen LogP contribution in [0.15, 0.2) is 29.5 Å². The van der Waals surface area contributed by atoms with E-state index in [2.05, 4.69) is 5.32 Å². The Balaban J connectivity index is 1.70. The highest BCUT2D eigenvalue weighted by molar-refractivity contribution is 8.00. The molecule has 1 aromatic carbocycles. The normalized spacial score (nSPS) is 22.0. The third kappa shape index (κ3) is 3.68. The molecule has 1 fully saturated rings. The molecule has 10 heteroatoms. The molecule has 26 heavy (non-hydrogen) atoms. The molecule has 3 rings (SSSR count). The fourth-order valence-corrected chi connectivity index (χ4v) is 5.20. The van der Waals surface area contributed by atoms with E-state index in [9.17, 15) is 14.7 Å². The lowest BCUT2D eigenvalue weighted by molar-refractivity contribution is -0.148. The smallest absolute Gasteiger partial charge is 0.352 e. The molecule has 2 heterocycles. The van der Waals surface area contributed by atoms with Crippen molar-refractivity contribution < 1.29 is 14.7 Å². The molecule has 2 aliphatic rings. The summed E-state index contributed by atoms with van der Waals surface area (Å²) in [6.45, 7) is 0. The quantitative estimate of drug-likeness (QED) is 0.407. The van der Waals surface area contributed by atoms with E-state index in [-0.39, 0.29) is 22.9 Å². The second-order valence-corrected chi connectivity index (χ2v) is 8.47. The molecule has 0 unspecified atom stereocenters. The molecule has 2 N–H and O–H groups in total. The number of carbonyl (C=O) groups excluding carboxylic acids is 1. The Kier molecular flexibility index (Phi) is 6.04. The van der Waals surface area contributed by atoms with Gasteiger partial charge in [-0.15, -0.1) is 23.4 Å². The number of halogens is 3. The summed E-state index contributed by atoms with van der Waals surface area (Å²) in [6, 6.07) is 4.52. The Morgan fingerprint density at radius 1 is 1.42 bits per heavy atom. The van der Waals surface area contributed by atoms with Crippen LogP contribution in [0.25, 0.3) is 0 Å². The highest BCUT2D eigenvalue weighted by Crippen LogP contribution is 2.40. The van der Waals surface area contributed by atoms with Crippen molar-refractivity contribution in [3.8, 4) is 0 Å². The maximum Gasteiger partial charge on any atom is 0.352 e. The molecule has 0 aromatic heterocycles. The number of thiocarbonyl (C=S) groups is 1. The van der Waals surface area contributed by atoms with E-state index in [1.165, 1.54) is 16.7 Å². The fourth-order valence-electron chi connectivity index (χ4n) is 2.86. The average molecular weight is 452 g/mol. The zero-order chi connectivity index (χ0) is 19.0. The first-order valence-corrected chi connectivity index (χ1v) is 10.3. The highest BCUT2D eigenvalue weighted by atomic mass is 35.5. The van der Waals surface area contributed by atoms with Gasteiger partial charge < -0.3 is 10.4 Å². The van der Waals surface area contributed by atoms with Gasteiger partial charge in [0, 0.05) is 28.1 Å². The van der Waals surface area contributed by atoms with Gasteiger partial charge in [0.1, 0.15) is 17.1 Å². The summed E-state index contributed by atoms with van der Waals surface area (Å²) in [5, 5.41) is 13.2. The summed E-state index contributed by atoms with van der Waals surface area (Å²) in [4.78, 5) is 25.7. The number of thioether (sulfide) groups is 1. The number of β-lactam (4-membered cyclic amide) rings is 1. The predicted molar refractivity (Wildman–Crippen MR) is 108 cm³/mol. The molecule has 0 bridgehead atoms. The van der Waals surface area contributed by atoms with Crippen LogP contribution in [0, 0.1) is 0 Å². The SMILES string of the molecule is O=C(O)C1=C(CCl)CS[C@H]2[C@@H](NC(=S)Cc3cc(Cl)ccc3Cl)C(=O)N12. The van der Waals surface area contributed by atoms with Gasteiger partial charge in [0.2, 0.25) is 0 Å². The average Bonchev–Trinajstić information content (AvgIpc) is 2.61. The van der Waals surface area contributed by atoms with Crippen LogP contribution in [-0.4, -0.2) is 49.9 Å². The van der Waals surface area contributed by atoms with Crippen molar-refractivity contribution in [2.75, 3.05) is 11.6 Å². The molecule has 1 aromatic rings. The molecule has 5 nitrogen and oxygen atoms in total. The second-order valence-electron chi connectivity index (χ2n) is 5.76. The number of nitrogens with one attached hydrogen (secondary N) is 1. The maximum absolute atomic E-state index is 12.5. The summed E-state index contributed by atoms with van der Waals surface area (Å²) in [5.41, 5.74) is 1.28. The number of carbonyl (C=O) groups is 2. The number of fused-ring (bicyclic) bond motifs is 1. The highest BCUT2D eigenvalue weighted by Gasteiger charge is 2.53. The van der Waals surface area contributed by atoms with Crippen LogP contribution < -0.4 is 5.32 Å². The third-order valence-corrected chi connectivity index (χ3v) is 6.61. The lowest BCUT2D eigenvalue weighted by Gasteiger charge is -2.49. The Bertz CT molecular complexity index is 831. The molecule has 0 radical (unpaired) electrons. The van der Waals surface area contributed by atoms with Crippen molar-refractivity contribution in [2.45, 2.75) is 17.8 Å².